The second-order valence-corrected chi connectivity index (χ2v) is 4.55. The minimum atomic E-state index is 0.501. The van der Waals surface area contributed by atoms with E-state index in [2.05, 4.69) is 31.1 Å². The molecule has 1 fully saturated rings. The minimum absolute atomic E-state index is 0.501. The number of nitrogens with zero attached hydrogens (tertiary/aromatic N) is 1. The third-order valence-electron chi connectivity index (χ3n) is 2.97. The van der Waals surface area contributed by atoms with Crippen molar-refractivity contribution in [2.24, 2.45) is 0 Å². The molecular formula is C11H24N2O. The third kappa shape index (κ3) is 3.95. The normalized spacial score (nSPS) is 19.3. The lowest BCUT2D eigenvalue weighted by Gasteiger charge is -2.31. The Bertz CT molecular complexity index is 157. The van der Waals surface area contributed by atoms with E-state index in [0.29, 0.717) is 12.1 Å². The van der Waals surface area contributed by atoms with Gasteiger partial charge >= 0.3 is 0 Å². The van der Waals surface area contributed by atoms with Gasteiger partial charge in [-0.1, -0.05) is 0 Å². The van der Waals surface area contributed by atoms with Crippen LogP contribution in [0.4, 0.5) is 0 Å². The number of likely N-dealkylation sites (N-methyl/N-ethyl adjacent to an activating group) is 1. The van der Waals surface area contributed by atoms with Gasteiger partial charge in [0.1, 0.15) is 0 Å². The fourth-order valence-electron chi connectivity index (χ4n) is 1.52. The first-order valence-corrected chi connectivity index (χ1v) is 5.59. The zero-order valence-corrected chi connectivity index (χ0v) is 9.92. The van der Waals surface area contributed by atoms with Crippen LogP contribution in [0.25, 0.3) is 0 Å². The fourth-order valence-corrected chi connectivity index (χ4v) is 1.52. The molecule has 0 radical (unpaired) electrons. The number of hydrogen-bond acceptors (Lipinski definition) is 3. The standard InChI is InChI=1S/C11H24N2O/c1-9(2)13(3)11(8-14-4)7-12-10-5-6-10/h9-12H,5-8H2,1-4H3. The van der Waals surface area contributed by atoms with Crippen LogP contribution in [0.2, 0.25) is 0 Å². The molecule has 3 nitrogen and oxygen atoms in total. The Hall–Kier alpha value is -0.120. The lowest BCUT2D eigenvalue weighted by atomic mass is 10.2. The smallest absolute Gasteiger partial charge is 0.0630 e. The van der Waals surface area contributed by atoms with E-state index >= 15 is 0 Å². The predicted octanol–water partition coefficient (Wildman–Crippen LogP) is 1.09. The predicted molar refractivity (Wildman–Crippen MR) is 59.6 cm³/mol. The van der Waals surface area contributed by atoms with E-state index in [1.165, 1.54) is 12.8 Å². The molecule has 0 saturated heterocycles. The summed E-state index contributed by atoms with van der Waals surface area (Å²) in [5.74, 6) is 0. The molecular weight excluding hydrogens is 176 g/mol. The summed E-state index contributed by atoms with van der Waals surface area (Å²) in [5, 5.41) is 3.56. The molecule has 0 spiro atoms. The van der Waals surface area contributed by atoms with E-state index in [-0.39, 0.29) is 0 Å². The summed E-state index contributed by atoms with van der Waals surface area (Å²) in [4.78, 5) is 2.37. The molecule has 3 heteroatoms. The van der Waals surface area contributed by atoms with Crippen LogP contribution in [0, 0.1) is 0 Å². The van der Waals surface area contributed by atoms with E-state index in [1.807, 2.05) is 0 Å². The first kappa shape index (κ1) is 12.0. The van der Waals surface area contributed by atoms with Crippen molar-refractivity contribution in [3.05, 3.63) is 0 Å². The first-order chi connectivity index (χ1) is 6.65. The average molecular weight is 200 g/mol. The van der Waals surface area contributed by atoms with Gasteiger partial charge in [-0.05, 0) is 33.7 Å². The third-order valence-corrected chi connectivity index (χ3v) is 2.97. The van der Waals surface area contributed by atoms with E-state index < -0.39 is 0 Å². The molecule has 1 saturated carbocycles. The van der Waals surface area contributed by atoms with Gasteiger partial charge in [-0.3, -0.25) is 4.90 Å². The summed E-state index contributed by atoms with van der Waals surface area (Å²) in [6, 6.07) is 1.87. The quantitative estimate of drug-likeness (QED) is 0.666. The molecule has 84 valence electrons. The molecule has 1 rings (SSSR count). The maximum Gasteiger partial charge on any atom is 0.0630 e. The van der Waals surface area contributed by atoms with Crippen LogP contribution >= 0.6 is 0 Å². The molecule has 0 aliphatic heterocycles. The Morgan fingerprint density at radius 1 is 1.43 bits per heavy atom. The average Bonchev–Trinajstić information content (AvgIpc) is 2.94. The summed E-state index contributed by atoms with van der Waals surface area (Å²) >= 11 is 0. The highest BCUT2D eigenvalue weighted by atomic mass is 16.5. The number of nitrogens with one attached hydrogen (secondary N) is 1. The molecule has 1 unspecified atom stereocenters. The van der Waals surface area contributed by atoms with Crippen molar-refractivity contribution in [2.45, 2.75) is 44.8 Å². The van der Waals surface area contributed by atoms with E-state index in [1.54, 1.807) is 7.11 Å². The topological polar surface area (TPSA) is 24.5 Å². The molecule has 1 atom stereocenters. The molecule has 0 aromatic carbocycles. The molecule has 0 heterocycles. The molecule has 1 aliphatic rings. The van der Waals surface area contributed by atoms with Crippen LogP contribution in [-0.4, -0.2) is 50.3 Å². The van der Waals surface area contributed by atoms with Gasteiger partial charge in [0.15, 0.2) is 0 Å². The lowest BCUT2D eigenvalue weighted by molar-refractivity contribution is 0.0881. The van der Waals surface area contributed by atoms with Crippen molar-refractivity contribution in [1.29, 1.82) is 0 Å². The van der Waals surface area contributed by atoms with Crippen LogP contribution in [0.3, 0.4) is 0 Å². The van der Waals surface area contributed by atoms with Gasteiger partial charge in [0.05, 0.1) is 6.61 Å². The van der Waals surface area contributed by atoms with Gasteiger partial charge in [-0.2, -0.15) is 0 Å². The Morgan fingerprint density at radius 3 is 2.50 bits per heavy atom. The first-order valence-electron chi connectivity index (χ1n) is 5.59. The van der Waals surface area contributed by atoms with Gasteiger partial charge in [0.2, 0.25) is 0 Å². The Morgan fingerprint density at radius 2 is 2.07 bits per heavy atom. The van der Waals surface area contributed by atoms with Crippen LogP contribution in [-0.2, 0) is 4.74 Å². The number of ether oxygens (including phenoxy) is 1. The van der Waals surface area contributed by atoms with Crippen molar-refractivity contribution < 1.29 is 4.74 Å². The molecule has 14 heavy (non-hydrogen) atoms. The molecule has 0 aromatic heterocycles. The Balaban J connectivity index is 2.27. The molecule has 0 amide bonds. The van der Waals surface area contributed by atoms with E-state index in [9.17, 15) is 0 Å². The zero-order chi connectivity index (χ0) is 10.6. The van der Waals surface area contributed by atoms with Crippen LogP contribution in [0.5, 0.6) is 0 Å². The van der Waals surface area contributed by atoms with Crippen LogP contribution in [0.1, 0.15) is 26.7 Å². The van der Waals surface area contributed by atoms with Crippen LogP contribution in [0.15, 0.2) is 0 Å². The maximum absolute atomic E-state index is 5.25. The van der Waals surface area contributed by atoms with Gasteiger partial charge in [-0.25, -0.2) is 0 Å². The maximum atomic E-state index is 5.25. The largest absolute Gasteiger partial charge is 0.383 e. The fraction of sp³-hybridized carbons (Fsp3) is 1.00. The molecule has 0 bridgehead atoms. The van der Waals surface area contributed by atoms with Gasteiger partial charge in [0, 0.05) is 31.8 Å². The second kappa shape index (κ2) is 5.69. The molecule has 0 aromatic rings. The van der Waals surface area contributed by atoms with Crippen molar-refractivity contribution >= 4 is 0 Å². The van der Waals surface area contributed by atoms with Crippen molar-refractivity contribution in [3.8, 4) is 0 Å². The van der Waals surface area contributed by atoms with Gasteiger partial charge < -0.3 is 10.1 Å². The highest BCUT2D eigenvalue weighted by Crippen LogP contribution is 2.18. The molecule has 1 aliphatic carbocycles. The van der Waals surface area contributed by atoms with E-state index in [0.717, 1.165) is 19.2 Å². The van der Waals surface area contributed by atoms with Crippen molar-refractivity contribution in [1.82, 2.24) is 10.2 Å². The summed E-state index contributed by atoms with van der Waals surface area (Å²) < 4.78 is 5.25. The van der Waals surface area contributed by atoms with Gasteiger partial charge in [0.25, 0.3) is 0 Å². The number of methoxy groups -OCH3 is 1. The second-order valence-electron chi connectivity index (χ2n) is 4.55. The van der Waals surface area contributed by atoms with Crippen molar-refractivity contribution in [3.63, 3.8) is 0 Å². The SMILES string of the molecule is COCC(CNC1CC1)N(C)C(C)C. The monoisotopic (exact) mass is 200 g/mol. The molecule has 1 N–H and O–H groups in total. The van der Waals surface area contributed by atoms with Crippen LogP contribution < -0.4 is 5.32 Å². The lowest BCUT2D eigenvalue weighted by Crippen LogP contribution is -2.46. The highest BCUT2D eigenvalue weighted by molar-refractivity contribution is 4.84. The summed E-state index contributed by atoms with van der Waals surface area (Å²) in [5.41, 5.74) is 0. The zero-order valence-electron chi connectivity index (χ0n) is 9.92. The Kier molecular flexibility index (Phi) is 4.85. The summed E-state index contributed by atoms with van der Waals surface area (Å²) in [7, 11) is 3.95. The van der Waals surface area contributed by atoms with Gasteiger partial charge in [-0.15, -0.1) is 0 Å². The summed E-state index contributed by atoms with van der Waals surface area (Å²) in [6.07, 6.45) is 2.70. The minimum Gasteiger partial charge on any atom is -0.383 e. The Labute approximate surface area is 87.8 Å². The highest BCUT2D eigenvalue weighted by Gasteiger charge is 2.23. The number of hydrogen-bond donors (Lipinski definition) is 1. The summed E-state index contributed by atoms with van der Waals surface area (Å²) in [6.45, 7) is 6.31. The number of rotatable bonds is 7. The van der Waals surface area contributed by atoms with Crippen molar-refractivity contribution in [2.75, 3.05) is 27.3 Å². The van der Waals surface area contributed by atoms with E-state index in [4.69, 9.17) is 4.74 Å².